The summed E-state index contributed by atoms with van der Waals surface area (Å²) in [6, 6.07) is 7.77. The molecule has 0 aliphatic carbocycles. The van der Waals surface area contributed by atoms with E-state index in [4.69, 9.17) is 5.11 Å². The van der Waals surface area contributed by atoms with Crippen molar-refractivity contribution in [3.63, 3.8) is 0 Å². The van der Waals surface area contributed by atoms with E-state index in [1.807, 2.05) is 24.3 Å². The molecule has 1 N–H and O–H groups in total. The lowest BCUT2D eigenvalue weighted by Crippen LogP contribution is -1.99. The molecule has 0 aliphatic heterocycles. The van der Waals surface area contributed by atoms with Crippen LogP contribution in [0, 0.1) is 0 Å². The molecule has 0 bridgehead atoms. The van der Waals surface area contributed by atoms with Gasteiger partial charge in [0.1, 0.15) is 0 Å². The predicted octanol–water partition coefficient (Wildman–Crippen LogP) is 1.90. The zero-order valence-electron chi connectivity index (χ0n) is 8.95. The molecule has 0 aliphatic rings. The van der Waals surface area contributed by atoms with Gasteiger partial charge >= 0.3 is 0 Å². The van der Waals surface area contributed by atoms with Crippen LogP contribution in [-0.4, -0.2) is 37.7 Å². The quantitative estimate of drug-likeness (QED) is 0.674. The smallest absolute Gasteiger partial charge is 0.214 e. The normalized spacial score (nSPS) is 10.7. The van der Waals surface area contributed by atoms with Gasteiger partial charge in [0.25, 0.3) is 0 Å². The van der Waals surface area contributed by atoms with Crippen LogP contribution in [0.25, 0.3) is 5.69 Å². The zero-order valence-corrected chi connectivity index (χ0v) is 11.4. The fourth-order valence-corrected chi connectivity index (χ4v) is 2.32. The molecule has 90 valence electrons. The van der Waals surface area contributed by atoms with E-state index < -0.39 is 0 Å². The Morgan fingerprint density at radius 1 is 1.29 bits per heavy atom. The molecule has 1 heterocycles. The highest BCUT2D eigenvalue weighted by Gasteiger charge is 2.08. The lowest BCUT2D eigenvalue weighted by atomic mass is 10.3. The maximum absolute atomic E-state index is 8.73. The van der Waals surface area contributed by atoms with Crippen LogP contribution in [0.4, 0.5) is 0 Å². The van der Waals surface area contributed by atoms with Gasteiger partial charge in [0, 0.05) is 16.8 Å². The molecule has 7 heteroatoms. The minimum Gasteiger partial charge on any atom is -0.396 e. The largest absolute Gasteiger partial charge is 0.396 e. The van der Waals surface area contributed by atoms with Crippen LogP contribution < -0.4 is 0 Å². The number of benzene rings is 1. The van der Waals surface area contributed by atoms with E-state index in [1.165, 1.54) is 11.8 Å². The minimum absolute atomic E-state index is 0.187. The van der Waals surface area contributed by atoms with Crippen molar-refractivity contribution in [1.29, 1.82) is 0 Å². The Morgan fingerprint density at radius 3 is 2.76 bits per heavy atom. The number of aromatic nitrogens is 4. The van der Waals surface area contributed by atoms with Crippen molar-refractivity contribution < 1.29 is 5.11 Å². The first-order valence-corrected chi connectivity index (χ1v) is 6.87. The van der Waals surface area contributed by atoms with Gasteiger partial charge in [-0.3, -0.25) is 0 Å². The van der Waals surface area contributed by atoms with Crippen molar-refractivity contribution in [3.8, 4) is 5.69 Å². The van der Waals surface area contributed by atoms with Crippen LogP contribution in [-0.2, 0) is 0 Å². The highest BCUT2D eigenvalue weighted by molar-refractivity contribution is 9.10. The summed E-state index contributed by atoms with van der Waals surface area (Å²) in [5.74, 6) is 0.799. The maximum atomic E-state index is 8.73. The molecule has 0 atom stereocenters. The molecule has 2 aromatic rings. The van der Waals surface area contributed by atoms with Crippen LogP contribution >= 0.6 is 27.7 Å². The van der Waals surface area contributed by atoms with E-state index in [9.17, 15) is 0 Å². The monoisotopic (exact) mass is 314 g/mol. The van der Waals surface area contributed by atoms with Crippen LogP contribution in [0.2, 0.25) is 0 Å². The van der Waals surface area contributed by atoms with Gasteiger partial charge in [-0.2, -0.15) is 4.68 Å². The van der Waals surface area contributed by atoms with Gasteiger partial charge in [-0.05, 0) is 41.1 Å². The van der Waals surface area contributed by atoms with Gasteiger partial charge in [-0.1, -0.05) is 27.7 Å². The van der Waals surface area contributed by atoms with Crippen LogP contribution in [0.5, 0.6) is 0 Å². The molecule has 5 nitrogen and oxygen atoms in total. The van der Waals surface area contributed by atoms with Crippen LogP contribution in [0.1, 0.15) is 6.42 Å². The SMILES string of the molecule is OCCCSc1nnnn1-c1ccc(Br)cc1. The molecule has 1 aromatic carbocycles. The van der Waals surface area contributed by atoms with Crippen LogP contribution in [0.15, 0.2) is 33.9 Å². The molecule has 0 radical (unpaired) electrons. The van der Waals surface area contributed by atoms with E-state index in [0.29, 0.717) is 0 Å². The Bertz CT molecular complexity index is 473. The van der Waals surface area contributed by atoms with Crippen molar-refractivity contribution in [1.82, 2.24) is 20.2 Å². The number of halogens is 1. The number of tetrazole rings is 1. The second kappa shape index (κ2) is 6.13. The Kier molecular flexibility index (Phi) is 4.52. The average molecular weight is 315 g/mol. The van der Waals surface area contributed by atoms with E-state index in [-0.39, 0.29) is 6.61 Å². The highest BCUT2D eigenvalue weighted by atomic mass is 79.9. The summed E-state index contributed by atoms with van der Waals surface area (Å²) < 4.78 is 2.71. The molecule has 0 spiro atoms. The van der Waals surface area contributed by atoms with Crippen molar-refractivity contribution in [3.05, 3.63) is 28.7 Å². The van der Waals surface area contributed by atoms with E-state index in [1.54, 1.807) is 4.68 Å². The second-order valence-corrected chi connectivity index (χ2v) is 5.25. The molecule has 0 saturated heterocycles. The Labute approximate surface area is 111 Å². The van der Waals surface area contributed by atoms with Gasteiger partial charge in [-0.25, -0.2) is 0 Å². The Hall–Kier alpha value is -0.920. The lowest BCUT2D eigenvalue weighted by molar-refractivity contribution is 0.296. The third-order valence-electron chi connectivity index (χ3n) is 2.05. The molecular weight excluding hydrogens is 304 g/mol. The molecule has 0 amide bonds. The standard InChI is InChI=1S/C10H11BrN4OS/c11-8-2-4-9(5-3-8)15-10(12-13-14-15)17-7-1-6-16/h2-5,16H,1,6-7H2. The van der Waals surface area contributed by atoms with E-state index in [2.05, 4.69) is 31.5 Å². The van der Waals surface area contributed by atoms with Crippen molar-refractivity contribution in [2.75, 3.05) is 12.4 Å². The molecule has 0 saturated carbocycles. The molecule has 17 heavy (non-hydrogen) atoms. The maximum Gasteiger partial charge on any atom is 0.214 e. The third-order valence-corrected chi connectivity index (χ3v) is 3.58. The number of hydrogen-bond acceptors (Lipinski definition) is 5. The molecular formula is C10H11BrN4OS. The summed E-state index contributed by atoms with van der Waals surface area (Å²) in [6.45, 7) is 0.187. The molecule has 0 fully saturated rings. The van der Waals surface area contributed by atoms with Gasteiger partial charge in [0.15, 0.2) is 0 Å². The van der Waals surface area contributed by atoms with Crippen LogP contribution in [0.3, 0.4) is 0 Å². The first kappa shape index (κ1) is 12.5. The van der Waals surface area contributed by atoms with E-state index in [0.717, 1.165) is 27.5 Å². The summed E-state index contributed by atoms with van der Waals surface area (Å²) in [5, 5.41) is 21.0. The zero-order chi connectivity index (χ0) is 12.1. The van der Waals surface area contributed by atoms with Crippen molar-refractivity contribution >= 4 is 27.7 Å². The Balaban J connectivity index is 2.15. The third kappa shape index (κ3) is 3.27. The topological polar surface area (TPSA) is 63.8 Å². The Morgan fingerprint density at radius 2 is 2.06 bits per heavy atom. The van der Waals surface area contributed by atoms with Gasteiger partial charge < -0.3 is 5.11 Å². The average Bonchev–Trinajstić information content (AvgIpc) is 2.79. The summed E-state index contributed by atoms with van der Waals surface area (Å²) >= 11 is 4.92. The number of nitrogens with zero attached hydrogens (tertiary/aromatic N) is 4. The number of hydrogen-bond donors (Lipinski definition) is 1. The number of aliphatic hydroxyl groups excluding tert-OH is 1. The molecule has 2 rings (SSSR count). The minimum atomic E-state index is 0.187. The fourth-order valence-electron chi connectivity index (χ4n) is 1.24. The molecule has 0 unspecified atom stereocenters. The summed E-state index contributed by atoms with van der Waals surface area (Å²) in [7, 11) is 0. The van der Waals surface area contributed by atoms with E-state index >= 15 is 0 Å². The first-order valence-electron chi connectivity index (χ1n) is 5.09. The fraction of sp³-hybridized carbons (Fsp3) is 0.300. The summed E-state index contributed by atoms with van der Waals surface area (Å²) in [5.41, 5.74) is 0.921. The first-order chi connectivity index (χ1) is 8.31. The summed E-state index contributed by atoms with van der Waals surface area (Å²) in [4.78, 5) is 0. The molecule has 1 aromatic heterocycles. The van der Waals surface area contributed by atoms with Gasteiger partial charge in [-0.15, -0.1) is 5.10 Å². The van der Waals surface area contributed by atoms with Crippen molar-refractivity contribution in [2.45, 2.75) is 11.6 Å². The lowest BCUT2D eigenvalue weighted by Gasteiger charge is -2.03. The number of rotatable bonds is 5. The predicted molar refractivity (Wildman–Crippen MR) is 69.3 cm³/mol. The number of aliphatic hydroxyl groups is 1. The second-order valence-electron chi connectivity index (χ2n) is 3.28. The summed E-state index contributed by atoms with van der Waals surface area (Å²) in [6.07, 6.45) is 0.734. The van der Waals surface area contributed by atoms with Crippen molar-refractivity contribution in [2.24, 2.45) is 0 Å². The number of thioether (sulfide) groups is 1. The van der Waals surface area contributed by atoms with Gasteiger partial charge in [0.05, 0.1) is 5.69 Å². The highest BCUT2D eigenvalue weighted by Crippen LogP contribution is 2.20. The van der Waals surface area contributed by atoms with Gasteiger partial charge in [0.2, 0.25) is 5.16 Å².